The summed E-state index contributed by atoms with van der Waals surface area (Å²) in [5, 5.41) is 8.89. The van der Waals surface area contributed by atoms with Crippen LogP contribution in [0.1, 0.15) is 48.8 Å². The van der Waals surface area contributed by atoms with Crippen molar-refractivity contribution < 1.29 is 5.11 Å². The zero-order chi connectivity index (χ0) is 10.7. The first-order valence-electron chi connectivity index (χ1n) is 5.75. The third-order valence-electron chi connectivity index (χ3n) is 3.03. The van der Waals surface area contributed by atoms with Crippen molar-refractivity contribution in [1.29, 1.82) is 0 Å². The van der Waals surface area contributed by atoms with Crippen LogP contribution < -0.4 is 0 Å². The Labute approximate surface area is 90.6 Å². The van der Waals surface area contributed by atoms with Gasteiger partial charge in [0.25, 0.3) is 0 Å². The lowest BCUT2D eigenvalue weighted by Gasteiger charge is -2.10. The normalized spacial score (nSPS) is 17.2. The highest BCUT2D eigenvalue weighted by Gasteiger charge is 2.19. The summed E-state index contributed by atoms with van der Waals surface area (Å²) in [7, 11) is 0. The van der Waals surface area contributed by atoms with E-state index in [4.69, 9.17) is 5.11 Å². The monoisotopic (exact) mass is 206 g/mol. The van der Waals surface area contributed by atoms with E-state index < -0.39 is 0 Å². The standard InChI is InChI=1S/C12H18N2O/c1-9-8-11(10-4-2-3-5-10)14-12(13-9)6-7-15/h8,10,15H,2-7H2,1H3. The summed E-state index contributed by atoms with van der Waals surface area (Å²) < 4.78 is 0. The van der Waals surface area contributed by atoms with Gasteiger partial charge in [-0.25, -0.2) is 9.97 Å². The van der Waals surface area contributed by atoms with Crippen LogP contribution >= 0.6 is 0 Å². The van der Waals surface area contributed by atoms with Gasteiger partial charge in [0.1, 0.15) is 5.82 Å². The first-order valence-corrected chi connectivity index (χ1v) is 5.75. The molecule has 0 spiro atoms. The van der Waals surface area contributed by atoms with Gasteiger partial charge in [-0.1, -0.05) is 12.8 Å². The molecule has 1 heterocycles. The third kappa shape index (κ3) is 2.53. The number of aryl methyl sites for hydroxylation is 1. The van der Waals surface area contributed by atoms with Crippen LogP contribution in [0.4, 0.5) is 0 Å². The van der Waals surface area contributed by atoms with E-state index in [-0.39, 0.29) is 6.61 Å². The Balaban J connectivity index is 2.22. The summed E-state index contributed by atoms with van der Waals surface area (Å²) in [6.45, 7) is 2.13. The Kier molecular flexibility index (Phi) is 3.31. The molecule has 2 rings (SSSR count). The zero-order valence-corrected chi connectivity index (χ0v) is 9.24. The molecule has 0 unspecified atom stereocenters. The minimum absolute atomic E-state index is 0.133. The fraction of sp³-hybridized carbons (Fsp3) is 0.667. The minimum Gasteiger partial charge on any atom is -0.396 e. The molecule has 1 fully saturated rings. The highest BCUT2D eigenvalue weighted by Crippen LogP contribution is 2.33. The Morgan fingerprint density at radius 2 is 2.07 bits per heavy atom. The molecule has 1 aromatic rings. The SMILES string of the molecule is Cc1cc(C2CCCC2)nc(CCO)n1. The van der Waals surface area contributed by atoms with E-state index in [0.29, 0.717) is 12.3 Å². The molecule has 3 heteroatoms. The van der Waals surface area contributed by atoms with Crippen LogP contribution in [0, 0.1) is 6.92 Å². The highest BCUT2D eigenvalue weighted by molar-refractivity contribution is 5.15. The van der Waals surface area contributed by atoms with Gasteiger partial charge in [-0.2, -0.15) is 0 Å². The molecule has 1 N–H and O–H groups in total. The second-order valence-electron chi connectivity index (χ2n) is 4.31. The summed E-state index contributed by atoms with van der Waals surface area (Å²) in [6.07, 6.45) is 5.73. The van der Waals surface area contributed by atoms with Crippen LogP contribution in [0.2, 0.25) is 0 Å². The summed E-state index contributed by atoms with van der Waals surface area (Å²) in [5.41, 5.74) is 2.21. The number of hydrogen-bond donors (Lipinski definition) is 1. The van der Waals surface area contributed by atoms with Crippen LogP contribution in [0.3, 0.4) is 0 Å². The fourth-order valence-corrected chi connectivity index (χ4v) is 2.30. The van der Waals surface area contributed by atoms with Crippen molar-refractivity contribution in [2.24, 2.45) is 0 Å². The number of aliphatic hydroxyl groups is 1. The van der Waals surface area contributed by atoms with E-state index in [1.165, 1.54) is 31.4 Å². The van der Waals surface area contributed by atoms with Gasteiger partial charge in [0.15, 0.2) is 0 Å². The van der Waals surface area contributed by atoms with Crippen molar-refractivity contribution in [3.63, 3.8) is 0 Å². The van der Waals surface area contributed by atoms with Gasteiger partial charge in [0.2, 0.25) is 0 Å². The van der Waals surface area contributed by atoms with Crippen LogP contribution in [0.15, 0.2) is 6.07 Å². The van der Waals surface area contributed by atoms with Crippen molar-refractivity contribution in [2.45, 2.75) is 44.9 Å². The number of aromatic nitrogens is 2. The lowest BCUT2D eigenvalue weighted by atomic mass is 10.0. The summed E-state index contributed by atoms with van der Waals surface area (Å²) >= 11 is 0. The van der Waals surface area contributed by atoms with E-state index in [9.17, 15) is 0 Å². The maximum absolute atomic E-state index is 8.89. The van der Waals surface area contributed by atoms with Gasteiger partial charge < -0.3 is 5.11 Å². The van der Waals surface area contributed by atoms with Gasteiger partial charge in [0.05, 0.1) is 6.61 Å². The molecule has 0 bridgehead atoms. The van der Waals surface area contributed by atoms with E-state index in [2.05, 4.69) is 16.0 Å². The third-order valence-corrected chi connectivity index (χ3v) is 3.03. The Hall–Kier alpha value is -0.960. The maximum atomic E-state index is 8.89. The summed E-state index contributed by atoms with van der Waals surface area (Å²) in [4.78, 5) is 8.86. The predicted octanol–water partition coefficient (Wildman–Crippen LogP) is 1.98. The van der Waals surface area contributed by atoms with Gasteiger partial charge in [-0.15, -0.1) is 0 Å². The van der Waals surface area contributed by atoms with Crippen LogP contribution in [0.5, 0.6) is 0 Å². The van der Waals surface area contributed by atoms with Crippen molar-refractivity contribution in [3.05, 3.63) is 23.3 Å². The van der Waals surface area contributed by atoms with Crippen molar-refractivity contribution in [2.75, 3.05) is 6.61 Å². The second-order valence-corrected chi connectivity index (χ2v) is 4.31. The largest absolute Gasteiger partial charge is 0.396 e. The molecule has 82 valence electrons. The molecule has 0 aliphatic heterocycles. The zero-order valence-electron chi connectivity index (χ0n) is 9.24. The van der Waals surface area contributed by atoms with Gasteiger partial charge in [-0.05, 0) is 25.8 Å². The second kappa shape index (κ2) is 4.71. The van der Waals surface area contributed by atoms with Gasteiger partial charge >= 0.3 is 0 Å². The van der Waals surface area contributed by atoms with Crippen LogP contribution in [0.25, 0.3) is 0 Å². The van der Waals surface area contributed by atoms with Gasteiger partial charge in [0, 0.05) is 23.7 Å². The summed E-state index contributed by atoms with van der Waals surface area (Å²) in [6, 6.07) is 2.09. The van der Waals surface area contributed by atoms with E-state index >= 15 is 0 Å². The van der Waals surface area contributed by atoms with E-state index in [1.807, 2.05) is 6.92 Å². The molecular formula is C12H18N2O. The topological polar surface area (TPSA) is 46.0 Å². The van der Waals surface area contributed by atoms with Crippen LogP contribution in [-0.4, -0.2) is 21.7 Å². The quantitative estimate of drug-likeness (QED) is 0.822. The average molecular weight is 206 g/mol. The molecule has 1 aliphatic carbocycles. The van der Waals surface area contributed by atoms with Crippen LogP contribution in [-0.2, 0) is 6.42 Å². The fourth-order valence-electron chi connectivity index (χ4n) is 2.30. The van der Waals surface area contributed by atoms with Gasteiger partial charge in [-0.3, -0.25) is 0 Å². The molecule has 0 atom stereocenters. The van der Waals surface area contributed by atoms with Crippen molar-refractivity contribution >= 4 is 0 Å². The average Bonchev–Trinajstić information content (AvgIpc) is 2.70. The molecule has 3 nitrogen and oxygen atoms in total. The molecule has 0 amide bonds. The minimum atomic E-state index is 0.133. The van der Waals surface area contributed by atoms with Crippen molar-refractivity contribution in [3.8, 4) is 0 Å². The first-order chi connectivity index (χ1) is 7.29. The predicted molar refractivity (Wildman–Crippen MR) is 58.8 cm³/mol. The van der Waals surface area contributed by atoms with Crippen molar-refractivity contribution in [1.82, 2.24) is 9.97 Å². The molecular weight excluding hydrogens is 188 g/mol. The Morgan fingerprint density at radius 3 is 2.73 bits per heavy atom. The van der Waals surface area contributed by atoms with E-state index in [1.54, 1.807) is 0 Å². The molecule has 1 aromatic heterocycles. The molecule has 0 aromatic carbocycles. The first kappa shape index (κ1) is 10.6. The molecule has 0 radical (unpaired) electrons. The lowest BCUT2D eigenvalue weighted by Crippen LogP contribution is -2.06. The number of rotatable bonds is 3. The molecule has 1 aliphatic rings. The Bertz CT molecular complexity index is 332. The molecule has 1 saturated carbocycles. The maximum Gasteiger partial charge on any atom is 0.131 e. The molecule has 0 saturated heterocycles. The molecule has 15 heavy (non-hydrogen) atoms. The Morgan fingerprint density at radius 1 is 1.33 bits per heavy atom. The highest BCUT2D eigenvalue weighted by atomic mass is 16.3. The number of aliphatic hydroxyl groups excluding tert-OH is 1. The van der Waals surface area contributed by atoms with E-state index in [0.717, 1.165) is 11.5 Å². The lowest BCUT2D eigenvalue weighted by molar-refractivity contribution is 0.296. The number of hydrogen-bond acceptors (Lipinski definition) is 3. The smallest absolute Gasteiger partial charge is 0.131 e. The summed E-state index contributed by atoms with van der Waals surface area (Å²) in [5.74, 6) is 1.42. The number of nitrogens with zero attached hydrogens (tertiary/aromatic N) is 2.